The van der Waals surface area contributed by atoms with Crippen LogP contribution in [0.25, 0.3) is 0 Å². The fraction of sp³-hybridized carbons (Fsp3) is 0.364. The van der Waals surface area contributed by atoms with Crippen molar-refractivity contribution in [1.82, 2.24) is 0 Å². The molecule has 1 nitrogen and oxygen atoms in total. The van der Waals surface area contributed by atoms with Crippen molar-refractivity contribution in [3.05, 3.63) is 34.1 Å². The zero-order chi connectivity index (χ0) is 10.3. The number of ketones is 1. The lowest BCUT2D eigenvalue weighted by atomic mass is 10.0. The Balaban J connectivity index is 2.45. The average Bonchev–Trinajstić information content (AvgIpc) is 2.93. The van der Waals surface area contributed by atoms with Crippen LogP contribution in [0.5, 0.6) is 0 Å². The van der Waals surface area contributed by atoms with Gasteiger partial charge in [0.15, 0.2) is 5.78 Å². The van der Waals surface area contributed by atoms with Crippen LogP contribution in [-0.2, 0) is 0 Å². The second kappa shape index (κ2) is 3.35. The molecule has 0 aromatic heterocycles. The number of halogens is 2. The van der Waals surface area contributed by atoms with Gasteiger partial charge in [0, 0.05) is 10.9 Å². The van der Waals surface area contributed by atoms with Gasteiger partial charge in [-0.25, -0.2) is 4.39 Å². The summed E-state index contributed by atoms with van der Waals surface area (Å²) in [5, 5.41) is 0.424. The van der Waals surface area contributed by atoms with Gasteiger partial charge < -0.3 is 0 Å². The molecule has 1 aliphatic carbocycles. The molecule has 14 heavy (non-hydrogen) atoms. The molecular formula is C11H10ClFO. The van der Waals surface area contributed by atoms with Crippen molar-refractivity contribution in [2.45, 2.75) is 19.8 Å². The van der Waals surface area contributed by atoms with Crippen LogP contribution in [0.1, 0.15) is 28.8 Å². The van der Waals surface area contributed by atoms with Gasteiger partial charge in [0.1, 0.15) is 5.82 Å². The van der Waals surface area contributed by atoms with E-state index in [4.69, 9.17) is 11.6 Å². The molecule has 1 aliphatic rings. The fourth-order valence-electron chi connectivity index (χ4n) is 1.47. The van der Waals surface area contributed by atoms with Crippen LogP contribution in [0.2, 0.25) is 5.02 Å². The number of hydrogen-bond donors (Lipinski definition) is 0. The summed E-state index contributed by atoms with van der Waals surface area (Å²) in [6.45, 7) is 1.62. The largest absolute Gasteiger partial charge is 0.294 e. The highest BCUT2D eigenvalue weighted by Gasteiger charge is 2.32. The van der Waals surface area contributed by atoms with Crippen LogP contribution in [0.3, 0.4) is 0 Å². The molecule has 0 amide bonds. The maximum absolute atomic E-state index is 13.5. The van der Waals surface area contributed by atoms with Crippen LogP contribution < -0.4 is 0 Å². The molecular weight excluding hydrogens is 203 g/mol. The van der Waals surface area contributed by atoms with Gasteiger partial charge in [-0.05, 0) is 37.5 Å². The third-order valence-electron chi connectivity index (χ3n) is 2.43. The molecule has 0 spiro atoms. The minimum Gasteiger partial charge on any atom is -0.294 e. The van der Waals surface area contributed by atoms with Crippen molar-refractivity contribution >= 4 is 17.4 Å². The minimum atomic E-state index is -0.425. The van der Waals surface area contributed by atoms with E-state index < -0.39 is 5.82 Å². The second-order valence-electron chi connectivity index (χ2n) is 3.72. The number of Topliss-reactive ketones (excluding diaryl/α,β-unsaturated/α-hetero) is 1. The third kappa shape index (κ3) is 1.67. The maximum Gasteiger partial charge on any atom is 0.168 e. The molecule has 0 radical (unpaired) electrons. The maximum atomic E-state index is 13.5. The Kier molecular flexibility index (Phi) is 2.31. The van der Waals surface area contributed by atoms with Gasteiger partial charge in [-0.15, -0.1) is 0 Å². The highest BCUT2D eigenvalue weighted by atomic mass is 35.5. The van der Waals surface area contributed by atoms with Crippen molar-refractivity contribution in [1.29, 1.82) is 0 Å². The summed E-state index contributed by atoms with van der Waals surface area (Å²) in [7, 11) is 0. The smallest absolute Gasteiger partial charge is 0.168 e. The Morgan fingerprint density at radius 1 is 1.50 bits per heavy atom. The number of aryl methyl sites for hydroxylation is 1. The SMILES string of the molecule is Cc1cc(Cl)cc(C(=O)C2CC2)c1F. The number of rotatable bonds is 2. The zero-order valence-corrected chi connectivity index (χ0v) is 8.57. The standard InChI is InChI=1S/C11H10ClFO/c1-6-4-8(12)5-9(10(6)13)11(14)7-2-3-7/h4-5,7H,2-3H2,1H3. The van der Waals surface area contributed by atoms with Crippen molar-refractivity contribution in [2.24, 2.45) is 5.92 Å². The summed E-state index contributed by atoms with van der Waals surface area (Å²) in [6.07, 6.45) is 1.76. The van der Waals surface area contributed by atoms with Gasteiger partial charge in [0.2, 0.25) is 0 Å². The van der Waals surface area contributed by atoms with Crippen LogP contribution >= 0.6 is 11.6 Å². The van der Waals surface area contributed by atoms with Gasteiger partial charge in [0.25, 0.3) is 0 Å². The summed E-state index contributed by atoms with van der Waals surface area (Å²) in [5.74, 6) is -0.498. The summed E-state index contributed by atoms with van der Waals surface area (Å²) in [4.78, 5) is 11.6. The molecule has 0 saturated heterocycles. The van der Waals surface area contributed by atoms with Crippen LogP contribution in [-0.4, -0.2) is 5.78 Å². The van der Waals surface area contributed by atoms with E-state index in [1.54, 1.807) is 6.92 Å². The first-order valence-electron chi connectivity index (χ1n) is 4.59. The second-order valence-corrected chi connectivity index (χ2v) is 4.16. The topological polar surface area (TPSA) is 17.1 Å². The summed E-state index contributed by atoms with van der Waals surface area (Å²) in [6, 6.07) is 2.95. The molecule has 1 aromatic rings. The molecule has 0 N–H and O–H groups in total. The molecule has 0 heterocycles. The molecule has 0 unspecified atom stereocenters. The zero-order valence-electron chi connectivity index (χ0n) is 7.81. The van der Waals surface area contributed by atoms with Gasteiger partial charge in [0.05, 0.1) is 5.56 Å². The molecule has 74 valence electrons. The van der Waals surface area contributed by atoms with E-state index in [1.807, 2.05) is 0 Å². The molecule has 3 heteroatoms. The average molecular weight is 213 g/mol. The molecule has 0 atom stereocenters. The lowest BCUT2D eigenvalue weighted by Gasteiger charge is -2.04. The summed E-state index contributed by atoms with van der Waals surface area (Å²) in [5.41, 5.74) is 0.582. The van der Waals surface area contributed by atoms with Crippen molar-refractivity contribution < 1.29 is 9.18 Å². The first-order valence-corrected chi connectivity index (χ1v) is 4.97. The highest BCUT2D eigenvalue weighted by molar-refractivity contribution is 6.31. The normalized spacial score (nSPS) is 15.6. The van der Waals surface area contributed by atoms with E-state index in [0.29, 0.717) is 10.6 Å². The lowest BCUT2D eigenvalue weighted by Crippen LogP contribution is -2.05. The Bertz CT molecular complexity index is 397. The minimum absolute atomic E-state index is 0.0300. The van der Waals surface area contributed by atoms with Crippen LogP contribution in [0, 0.1) is 18.7 Å². The van der Waals surface area contributed by atoms with Gasteiger partial charge in [-0.2, -0.15) is 0 Å². The van der Waals surface area contributed by atoms with E-state index in [-0.39, 0.29) is 17.3 Å². The van der Waals surface area contributed by atoms with E-state index in [9.17, 15) is 9.18 Å². The number of carbonyl (C=O) groups is 1. The van der Waals surface area contributed by atoms with Crippen molar-refractivity contribution in [3.8, 4) is 0 Å². The molecule has 1 fully saturated rings. The first-order chi connectivity index (χ1) is 6.59. The molecule has 1 saturated carbocycles. The molecule has 0 bridgehead atoms. The number of benzene rings is 1. The summed E-state index contributed by atoms with van der Waals surface area (Å²) >= 11 is 5.77. The fourth-order valence-corrected chi connectivity index (χ4v) is 1.74. The molecule has 1 aromatic carbocycles. The Morgan fingerprint density at radius 2 is 2.14 bits per heavy atom. The summed E-state index contributed by atoms with van der Waals surface area (Å²) < 4.78 is 13.5. The lowest BCUT2D eigenvalue weighted by molar-refractivity contribution is 0.0963. The molecule has 0 aliphatic heterocycles. The third-order valence-corrected chi connectivity index (χ3v) is 2.65. The van der Waals surface area contributed by atoms with Crippen LogP contribution in [0.4, 0.5) is 4.39 Å². The van der Waals surface area contributed by atoms with E-state index in [2.05, 4.69) is 0 Å². The Labute approximate surface area is 86.9 Å². The highest BCUT2D eigenvalue weighted by Crippen LogP contribution is 2.34. The quantitative estimate of drug-likeness (QED) is 0.687. The van der Waals surface area contributed by atoms with E-state index in [0.717, 1.165) is 12.8 Å². The monoisotopic (exact) mass is 212 g/mol. The number of carbonyl (C=O) groups excluding carboxylic acids is 1. The van der Waals surface area contributed by atoms with E-state index in [1.165, 1.54) is 12.1 Å². The predicted molar refractivity (Wildman–Crippen MR) is 53.2 cm³/mol. The Hall–Kier alpha value is -0.890. The Morgan fingerprint density at radius 3 is 2.71 bits per heavy atom. The van der Waals surface area contributed by atoms with Gasteiger partial charge >= 0.3 is 0 Å². The van der Waals surface area contributed by atoms with Crippen molar-refractivity contribution in [2.75, 3.05) is 0 Å². The predicted octanol–water partition coefficient (Wildman–Crippen LogP) is 3.38. The van der Waals surface area contributed by atoms with Gasteiger partial charge in [-0.1, -0.05) is 11.6 Å². The first kappa shape index (κ1) is 9.66. The number of hydrogen-bond acceptors (Lipinski definition) is 1. The van der Waals surface area contributed by atoms with Gasteiger partial charge in [-0.3, -0.25) is 4.79 Å². The van der Waals surface area contributed by atoms with Crippen molar-refractivity contribution in [3.63, 3.8) is 0 Å². The van der Waals surface area contributed by atoms with Crippen LogP contribution in [0.15, 0.2) is 12.1 Å². The molecule has 2 rings (SSSR count). The van der Waals surface area contributed by atoms with E-state index >= 15 is 0 Å².